The molecule has 0 unspecified atom stereocenters. The maximum atomic E-state index is 14.2. The number of nitrogens with one attached hydrogen (secondary N) is 3. The van der Waals surface area contributed by atoms with E-state index in [9.17, 15) is 14.3 Å². The molecule has 1 saturated carbocycles. The van der Waals surface area contributed by atoms with Crippen molar-refractivity contribution in [3.8, 4) is 11.5 Å². The minimum Gasteiger partial charge on any atom is -0.508 e. The Hall–Kier alpha value is -3.88. The summed E-state index contributed by atoms with van der Waals surface area (Å²) in [5.74, 6) is -0.00716. The number of amides is 1. The zero-order valence-corrected chi connectivity index (χ0v) is 15.1. The summed E-state index contributed by atoms with van der Waals surface area (Å²) in [6.45, 7) is 0. The topological polar surface area (TPSA) is 108 Å². The third kappa shape index (κ3) is 3.27. The SMILES string of the molecule is O=C1Nc2cc(Nc3nc(Nc4cccc(O)c4)ncc3F)ccc2OC12CC2. The number of hydrogen-bond acceptors (Lipinski definition) is 7. The van der Waals surface area contributed by atoms with Gasteiger partial charge in [0.15, 0.2) is 17.2 Å². The van der Waals surface area contributed by atoms with Gasteiger partial charge in [0, 0.05) is 30.3 Å². The second-order valence-electron chi connectivity index (χ2n) is 6.95. The number of anilines is 5. The van der Waals surface area contributed by atoms with Gasteiger partial charge in [0.1, 0.15) is 11.5 Å². The number of phenolic OH excluding ortho intramolecular Hbond substituents is 1. The maximum absolute atomic E-state index is 14.2. The van der Waals surface area contributed by atoms with Gasteiger partial charge in [-0.25, -0.2) is 9.37 Å². The van der Waals surface area contributed by atoms with Crippen LogP contribution < -0.4 is 20.7 Å². The van der Waals surface area contributed by atoms with E-state index in [0.29, 0.717) is 35.7 Å². The molecule has 1 amide bonds. The fraction of sp³-hybridized carbons (Fsp3) is 0.150. The summed E-state index contributed by atoms with van der Waals surface area (Å²) < 4.78 is 20.0. The molecule has 3 aromatic rings. The van der Waals surface area contributed by atoms with Gasteiger partial charge >= 0.3 is 0 Å². The fourth-order valence-corrected chi connectivity index (χ4v) is 3.09. The van der Waals surface area contributed by atoms with Crippen LogP contribution in [-0.4, -0.2) is 26.6 Å². The van der Waals surface area contributed by atoms with E-state index < -0.39 is 11.4 Å². The highest BCUT2D eigenvalue weighted by Crippen LogP contribution is 2.47. The summed E-state index contributed by atoms with van der Waals surface area (Å²) in [4.78, 5) is 20.2. The number of carbonyl (C=O) groups is 1. The first-order valence-corrected chi connectivity index (χ1v) is 9.01. The van der Waals surface area contributed by atoms with Crippen molar-refractivity contribution < 1.29 is 19.0 Å². The molecule has 5 rings (SSSR count). The lowest BCUT2D eigenvalue weighted by Crippen LogP contribution is -2.38. The molecule has 4 N–H and O–H groups in total. The first-order valence-electron chi connectivity index (χ1n) is 9.01. The Kier molecular flexibility index (Phi) is 3.76. The number of aromatic hydroxyl groups is 1. The van der Waals surface area contributed by atoms with Gasteiger partial charge in [-0.05, 0) is 30.3 Å². The molecular formula is C20H16FN5O3. The van der Waals surface area contributed by atoms with Gasteiger partial charge in [0.05, 0.1) is 11.9 Å². The van der Waals surface area contributed by atoms with Crippen molar-refractivity contribution >= 4 is 34.7 Å². The Morgan fingerprint density at radius 1 is 1.14 bits per heavy atom. The van der Waals surface area contributed by atoms with Crippen LogP contribution in [0.25, 0.3) is 0 Å². The number of carbonyl (C=O) groups excluding carboxylic acids is 1. The Balaban J connectivity index is 1.38. The van der Waals surface area contributed by atoms with E-state index in [1.165, 1.54) is 12.1 Å². The number of aromatic nitrogens is 2. The monoisotopic (exact) mass is 393 g/mol. The third-order valence-corrected chi connectivity index (χ3v) is 4.76. The maximum Gasteiger partial charge on any atom is 0.268 e. The molecule has 0 atom stereocenters. The summed E-state index contributed by atoms with van der Waals surface area (Å²) in [5.41, 5.74) is 0.892. The van der Waals surface area contributed by atoms with Crippen LogP contribution in [0, 0.1) is 5.82 Å². The molecule has 8 nitrogen and oxygen atoms in total. The minimum atomic E-state index is -0.715. The predicted octanol–water partition coefficient (Wildman–Crippen LogP) is 3.67. The number of phenols is 1. The first-order chi connectivity index (χ1) is 14.0. The fourth-order valence-electron chi connectivity index (χ4n) is 3.09. The van der Waals surface area contributed by atoms with Gasteiger partial charge < -0.3 is 25.8 Å². The number of nitrogens with zero attached hydrogens (tertiary/aromatic N) is 2. The zero-order valence-electron chi connectivity index (χ0n) is 15.1. The summed E-state index contributed by atoms with van der Waals surface area (Å²) >= 11 is 0. The molecule has 1 aliphatic carbocycles. The van der Waals surface area contributed by atoms with Crippen molar-refractivity contribution in [1.29, 1.82) is 0 Å². The van der Waals surface area contributed by atoms with Gasteiger partial charge in [0.25, 0.3) is 5.91 Å². The lowest BCUT2D eigenvalue weighted by molar-refractivity contribution is -0.125. The van der Waals surface area contributed by atoms with Crippen LogP contribution in [0.4, 0.5) is 33.2 Å². The van der Waals surface area contributed by atoms with Crippen molar-refractivity contribution in [2.75, 3.05) is 16.0 Å². The van der Waals surface area contributed by atoms with Crippen molar-refractivity contribution in [1.82, 2.24) is 9.97 Å². The molecular weight excluding hydrogens is 377 g/mol. The highest BCUT2D eigenvalue weighted by atomic mass is 19.1. The number of ether oxygens (including phenoxy) is 1. The van der Waals surface area contributed by atoms with E-state index >= 15 is 0 Å². The third-order valence-electron chi connectivity index (χ3n) is 4.76. The molecule has 1 aliphatic heterocycles. The predicted molar refractivity (Wildman–Crippen MR) is 104 cm³/mol. The molecule has 1 aromatic heterocycles. The quantitative estimate of drug-likeness (QED) is 0.536. The van der Waals surface area contributed by atoms with Gasteiger partial charge in [0.2, 0.25) is 5.95 Å². The molecule has 146 valence electrons. The number of hydrogen-bond donors (Lipinski definition) is 4. The molecule has 1 spiro atoms. The van der Waals surface area contributed by atoms with Crippen molar-refractivity contribution in [2.24, 2.45) is 0 Å². The second-order valence-corrected chi connectivity index (χ2v) is 6.95. The Bertz CT molecular complexity index is 1130. The minimum absolute atomic E-state index is 0.0377. The summed E-state index contributed by atoms with van der Waals surface area (Å²) in [5, 5.41) is 18.2. The van der Waals surface area contributed by atoms with Gasteiger partial charge in [-0.1, -0.05) is 6.07 Å². The summed E-state index contributed by atoms with van der Waals surface area (Å²) in [6.07, 6.45) is 2.46. The van der Waals surface area contributed by atoms with E-state index in [1.54, 1.807) is 30.3 Å². The van der Waals surface area contributed by atoms with E-state index in [-0.39, 0.29) is 23.4 Å². The number of benzene rings is 2. The molecule has 29 heavy (non-hydrogen) atoms. The van der Waals surface area contributed by atoms with Gasteiger partial charge in [-0.3, -0.25) is 4.79 Å². The summed E-state index contributed by atoms with van der Waals surface area (Å²) in [7, 11) is 0. The van der Waals surface area contributed by atoms with Crippen molar-refractivity contribution in [3.05, 3.63) is 54.5 Å². The largest absolute Gasteiger partial charge is 0.508 e. The second kappa shape index (κ2) is 6.33. The van der Waals surface area contributed by atoms with Crippen LogP contribution in [0.5, 0.6) is 11.5 Å². The Morgan fingerprint density at radius 2 is 1.97 bits per heavy atom. The molecule has 1 fully saturated rings. The van der Waals surface area contributed by atoms with Crippen LogP contribution in [0.3, 0.4) is 0 Å². The molecule has 9 heteroatoms. The molecule has 2 aromatic carbocycles. The van der Waals surface area contributed by atoms with E-state index in [4.69, 9.17) is 4.74 Å². The smallest absolute Gasteiger partial charge is 0.268 e. The zero-order chi connectivity index (χ0) is 20.0. The van der Waals surface area contributed by atoms with Crippen LogP contribution in [0.15, 0.2) is 48.7 Å². The average molecular weight is 393 g/mol. The van der Waals surface area contributed by atoms with Crippen LogP contribution in [0.2, 0.25) is 0 Å². The normalized spacial score (nSPS) is 15.8. The van der Waals surface area contributed by atoms with E-state index in [0.717, 1.165) is 6.20 Å². The summed E-state index contributed by atoms with van der Waals surface area (Å²) in [6, 6.07) is 11.5. The van der Waals surface area contributed by atoms with E-state index in [2.05, 4.69) is 25.9 Å². The molecule has 0 saturated heterocycles. The number of halogens is 1. The lowest BCUT2D eigenvalue weighted by Gasteiger charge is -2.26. The number of rotatable bonds is 4. The standard InChI is InChI=1S/C20H16FN5O3/c21-14-10-22-19(24-11-2-1-3-13(27)8-11)26-17(14)23-12-4-5-16-15(9-12)25-18(28)20(29-16)6-7-20/h1-5,8-10,27H,6-7H2,(H,25,28)(H2,22,23,24,26). The Labute approximate surface area is 164 Å². The Morgan fingerprint density at radius 3 is 2.76 bits per heavy atom. The average Bonchev–Trinajstić information content (AvgIpc) is 3.46. The van der Waals surface area contributed by atoms with Crippen LogP contribution in [0.1, 0.15) is 12.8 Å². The molecule has 2 aliphatic rings. The molecule has 0 radical (unpaired) electrons. The molecule has 0 bridgehead atoms. The highest BCUT2D eigenvalue weighted by Gasteiger charge is 2.55. The highest BCUT2D eigenvalue weighted by molar-refractivity contribution is 6.03. The van der Waals surface area contributed by atoms with Gasteiger partial charge in [-0.2, -0.15) is 4.98 Å². The van der Waals surface area contributed by atoms with Crippen LogP contribution in [-0.2, 0) is 4.79 Å². The first kappa shape index (κ1) is 17.2. The van der Waals surface area contributed by atoms with E-state index in [1.807, 2.05) is 0 Å². The lowest BCUT2D eigenvalue weighted by atomic mass is 10.2. The number of fused-ring (bicyclic) bond motifs is 1. The van der Waals surface area contributed by atoms with Crippen LogP contribution >= 0.6 is 0 Å². The van der Waals surface area contributed by atoms with Crippen molar-refractivity contribution in [2.45, 2.75) is 18.4 Å². The van der Waals surface area contributed by atoms with Crippen molar-refractivity contribution in [3.63, 3.8) is 0 Å². The van der Waals surface area contributed by atoms with Gasteiger partial charge in [-0.15, -0.1) is 0 Å². The molecule has 2 heterocycles.